The van der Waals surface area contributed by atoms with Gasteiger partial charge in [-0.25, -0.2) is 9.97 Å². The van der Waals surface area contributed by atoms with Gasteiger partial charge in [-0.1, -0.05) is 12.1 Å². The summed E-state index contributed by atoms with van der Waals surface area (Å²) in [6.45, 7) is 7.18. The number of rotatable bonds is 5. The van der Waals surface area contributed by atoms with Gasteiger partial charge in [-0.05, 0) is 69.2 Å². The summed E-state index contributed by atoms with van der Waals surface area (Å²) in [6, 6.07) is 14.6. The molecule has 2 N–H and O–H groups in total. The van der Waals surface area contributed by atoms with Gasteiger partial charge in [0, 0.05) is 23.0 Å². The molecular weight excluding hydrogens is 352 g/mol. The summed E-state index contributed by atoms with van der Waals surface area (Å²) in [5.41, 5.74) is 4.48. The van der Waals surface area contributed by atoms with Crippen LogP contribution in [0.15, 0.2) is 48.5 Å². The third kappa shape index (κ3) is 4.59. The Morgan fingerprint density at radius 1 is 0.893 bits per heavy atom. The van der Waals surface area contributed by atoms with E-state index in [1.54, 1.807) is 37.3 Å². The number of ketones is 1. The quantitative estimate of drug-likeness (QED) is 0.638. The Kier molecular flexibility index (Phi) is 5.49. The Morgan fingerprint density at radius 3 is 2.29 bits per heavy atom. The predicted octanol–water partition coefficient (Wildman–Crippen LogP) is 4.60. The van der Waals surface area contributed by atoms with Crippen molar-refractivity contribution < 1.29 is 9.59 Å². The number of nitrogens with one attached hydrogen (secondary N) is 2. The Bertz CT molecular complexity index is 1040. The number of nitrogens with zero attached hydrogens (tertiary/aromatic N) is 2. The molecule has 142 valence electrons. The fourth-order valence-electron chi connectivity index (χ4n) is 2.74. The second-order valence-electron chi connectivity index (χ2n) is 6.72. The Labute approximate surface area is 164 Å². The van der Waals surface area contributed by atoms with Gasteiger partial charge in [0.15, 0.2) is 5.78 Å². The molecule has 0 saturated carbocycles. The lowest BCUT2D eigenvalue weighted by atomic mass is 10.1. The molecule has 0 aliphatic rings. The minimum atomic E-state index is -0.297. The van der Waals surface area contributed by atoms with Gasteiger partial charge >= 0.3 is 0 Å². The number of carbonyl (C=O) groups excluding carboxylic acids is 2. The van der Waals surface area contributed by atoms with E-state index in [4.69, 9.17) is 0 Å². The van der Waals surface area contributed by atoms with Crippen LogP contribution in [0.3, 0.4) is 0 Å². The summed E-state index contributed by atoms with van der Waals surface area (Å²) in [4.78, 5) is 32.7. The highest BCUT2D eigenvalue weighted by Gasteiger charge is 2.12. The number of benzene rings is 2. The highest BCUT2D eigenvalue weighted by Crippen LogP contribution is 2.19. The Morgan fingerprint density at radius 2 is 1.61 bits per heavy atom. The lowest BCUT2D eigenvalue weighted by Gasteiger charge is -2.11. The standard InChI is InChI=1S/C22H22N4O2/c1-13-5-6-14(2)19(11-13)26-22(28)20-12-21(24-16(4)23-20)25-18-9-7-17(8-10-18)15(3)27/h5-12H,1-4H3,(H,26,28)(H,23,24,25). The minimum absolute atomic E-state index is 0.00910. The highest BCUT2D eigenvalue weighted by molar-refractivity contribution is 6.03. The molecule has 0 atom stereocenters. The average Bonchev–Trinajstić information content (AvgIpc) is 2.64. The molecular formula is C22H22N4O2. The van der Waals surface area contributed by atoms with Crippen molar-refractivity contribution in [2.24, 2.45) is 0 Å². The number of Topliss-reactive ketones (excluding diaryl/α,β-unsaturated/α-hetero) is 1. The van der Waals surface area contributed by atoms with Gasteiger partial charge in [0.25, 0.3) is 5.91 Å². The summed E-state index contributed by atoms with van der Waals surface area (Å²) >= 11 is 0. The van der Waals surface area contributed by atoms with Gasteiger partial charge in [0.05, 0.1) is 0 Å². The van der Waals surface area contributed by atoms with Crippen LogP contribution in [-0.2, 0) is 0 Å². The normalized spacial score (nSPS) is 10.4. The van der Waals surface area contributed by atoms with E-state index < -0.39 is 0 Å². The first-order valence-electron chi connectivity index (χ1n) is 8.94. The molecule has 6 heteroatoms. The first-order chi connectivity index (χ1) is 13.3. The average molecular weight is 374 g/mol. The Hall–Kier alpha value is -3.54. The van der Waals surface area contributed by atoms with Gasteiger partial charge in [-0.15, -0.1) is 0 Å². The van der Waals surface area contributed by atoms with Crippen LogP contribution in [0.25, 0.3) is 0 Å². The second-order valence-corrected chi connectivity index (χ2v) is 6.72. The van der Waals surface area contributed by atoms with Crippen LogP contribution >= 0.6 is 0 Å². The van der Waals surface area contributed by atoms with Gasteiger partial charge in [-0.3, -0.25) is 9.59 Å². The van der Waals surface area contributed by atoms with Crippen molar-refractivity contribution in [3.63, 3.8) is 0 Å². The van der Waals surface area contributed by atoms with Crippen molar-refractivity contribution in [1.29, 1.82) is 0 Å². The lowest BCUT2D eigenvalue weighted by Crippen LogP contribution is -2.16. The van der Waals surface area contributed by atoms with Gasteiger partial charge in [-0.2, -0.15) is 0 Å². The first kappa shape index (κ1) is 19.2. The third-order valence-electron chi connectivity index (χ3n) is 4.28. The van der Waals surface area contributed by atoms with Crippen molar-refractivity contribution in [2.45, 2.75) is 27.7 Å². The third-order valence-corrected chi connectivity index (χ3v) is 4.28. The molecule has 0 fully saturated rings. The van der Waals surface area contributed by atoms with E-state index in [1.807, 2.05) is 32.0 Å². The van der Waals surface area contributed by atoms with E-state index in [0.29, 0.717) is 17.2 Å². The molecule has 0 bridgehead atoms. The first-order valence-corrected chi connectivity index (χ1v) is 8.94. The topological polar surface area (TPSA) is 84.0 Å². The highest BCUT2D eigenvalue weighted by atomic mass is 16.2. The summed E-state index contributed by atoms with van der Waals surface area (Å²) in [5.74, 6) is 0.703. The number of hydrogen-bond donors (Lipinski definition) is 2. The maximum Gasteiger partial charge on any atom is 0.274 e. The summed E-state index contributed by atoms with van der Waals surface area (Å²) in [7, 11) is 0. The van der Waals surface area contributed by atoms with E-state index in [1.165, 1.54) is 6.92 Å². The van der Waals surface area contributed by atoms with E-state index >= 15 is 0 Å². The summed E-state index contributed by atoms with van der Waals surface area (Å²) in [6.07, 6.45) is 0. The molecule has 28 heavy (non-hydrogen) atoms. The van der Waals surface area contributed by atoms with Crippen LogP contribution < -0.4 is 10.6 Å². The van der Waals surface area contributed by atoms with Crippen molar-refractivity contribution in [3.8, 4) is 0 Å². The molecule has 1 heterocycles. The molecule has 2 aromatic carbocycles. The van der Waals surface area contributed by atoms with Crippen LogP contribution in [0.2, 0.25) is 0 Å². The summed E-state index contributed by atoms with van der Waals surface area (Å²) < 4.78 is 0. The van der Waals surface area contributed by atoms with Gasteiger partial charge < -0.3 is 10.6 Å². The van der Waals surface area contributed by atoms with Gasteiger partial charge in [0.2, 0.25) is 0 Å². The lowest BCUT2D eigenvalue weighted by molar-refractivity contribution is 0.101. The van der Waals surface area contributed by atoms with E-state index in [2.05, 4.69) is 20.6 Å². The zero-order valence-electron chi connectivity index (χ0n) is 16.3. The fraction of sp³-hybridized carbons (Fsp3) is 0.182. The molecule has 0 spiro atoms. The molecule has 6 nitrogen and oxygen atoms in total. The minimum Gasteiger partial charge on any atom is -0.340 e. The van der Waals surface area contributed by atoms with Crippen molar-refractivity contribution in [2.75, 3.05) is 10.6 Å². The van der Waals surface area contributed by atoms with Crippen molar-refractivity contribution in [3.05, 3.63) is 76.7 Å². The van der Waals surface area contributed by atoms with Crippen LogP contribution in [0.1, 0.15) is 44.7 Å². The molecule has 0 aliphatic carbocycles. The monoisotopic (exact) mass is 374 g/mol. The van der Waals surface area contributed by atoms with Crippen LogP contribution in [-0.4, -0.2) is 21.7 Å². The predicted molar refractivity (Wildman–Crippen MR) is 110 cm³/mol. The molecule has 3 aromatic rings. The summed E-state index contributed by atoms with van der Waals surface area (Å²) in [5, 5.41) is 6.06. The number of hydrogen-bond acceptors (Lipinski definition) is 5. The number of anilines is 3. The van der Waals surface area contributed by atoms with E-state index in [0.717, 1.165) is 22.5 Å². The molecule has 1 aromatic heterocycles. The van der Waals surface area contributed by atoms with Crippen molar-refractivity contribution >= 4 is 28.9 Å². The molecule has 0 aliphatic heterocycles. The molecule has 0 radical (unpaired) electrons. The fourth-order valence-corrected chi connectivity index (χ4v) is 2.74. The van der Waals surface area contributed by atoms with Crippen molar-refractivity contribution in [1.82, 2.24) is 9.97 Å². The van der Waals surface area contributed by atoms with Gasteiger partial charge in [0.1, 0.15) is 17.3 Å². The number of carbonyl (C=O) groups is 2. The Balaban J connectivity index is 1.81. The number of aryl methyl sites for hydroxylation is 3. The zero-order valence-corrected chi connectivity index (χ0v) is 16.3. The molecule has 0 saturated heterocycles. The maximum atomic E-state index is 12.7. The van der Waals surface area contributed by atoms with Crippen LogP contribution in [0, 0.1) is 20.8 Å². The van der Waals surface area contributed by atoms with E-state index in [-0.39, 0.29) is 17.4 Å². The maximum absolute atomic E-state index is 12.7. The van der Waals surface area contributed by atoms with E-state index in [9.17, 15) is 9.59 Å². The molecule has 1 amide bonds. The number of aromatic nitrogens is 2. The SMILES string of the molecule is CC(=O)c1ccc(Nc2cc(C(=O)Nc3cc(C)ccc3C)nc(C)n2)cc1. The van der Waals surface area contributed by atoms with Crippen LogP contribution in [0.4, 0.5) is 17.2 Å². The molecule has 0 unspecified atom stereocenters. The molecule has 3 rings (SSSR count). The number of amides is 1. The smallest absolute Gasteiger partial charge is 0.274 e. The van der Waals surface area contributed by atoms with Crippen LogP contribution in [0.5, 0.6) is 0 Å². The largest absolute Gasteiger partial charge is 0.340 e. The second kappa shape index (κ2) is 8.00. The zero-order chi connectivity index (χ0) is 20.3.